The molecule has 1 aliphatic heterocycles. The van der Waals surface area contributed by atoms with Gasteiger partial charge in [0, 0.05) is 30.2 Å². The molecule has 6 heteroatoms. The summed E-state index contributed by atoms with van der Waals surface area (Å²) in [4.78, 5) is 2.52. The van der Waals surface area contributed by atoms with Gasteiger partial charge in [0.05, 0.1) is 11.4 Å². The Balaban J connectivity index is 1.36. The van der Waals surface area contributed by atoms with E-state index in [2.05, 4.69) is 39.6 Å². The predicted molar refractivity (Wildman–Crippen MR) is 120 cm³/mol. The highest BCUT2D eigenvalue weighted by Gasteiger charge is 2.15. The number of aryl methyl sites for hydroxylation is 1. The largest absolute Gasteiger partial charge is 0.308 e. The molecule has 2 heterocycles. The summed E-state index contributed by atoms with van der Waals surface area (Å²) < 4.78 is 1.74. The van der Waals surface area contributed by atoms with Gasteiger partial charge in [0.15, 0.2) is 0 Å². The zero-order chi connectivity index (χ0) is 20.2. The SMILES string of the molecule is Cc1nn(-c2cccc(Cl)c2)c(Cl)c1CNCc1ccc(CN2CCCC2)cc1. The van der Waals surface area contributed by atoms with E-state index < -0.39 is 0 Å². The summed E-state index contributed by atoms with van der Waals surface area (Å²) in [6.07, 6.45) is 2.66. The second-order valence-corrected chi connectivity index (χ2v) is 8.44. The number of rotatable bonds is 7. The first-order valence-corrected chi connectivity index (χ1v) is 10.9. The molecule has 0 unspecified atom stereocenters. The zero-order valence-corrected chi connectivity index (χ0v) is 18.2. The average Bonchev–Trinajstić information content (AvgIpc) is 3.32. The van der Waals surface area contributed by atoms with Crippen LogP contribution in [0.3, 0.4) is 0 Å². The van der Waals surface area contributed by atoms with Crippen LogP contribution in [0, 0.1) is 6.92 Å². The van der Waals surface area contributed by atoms with Crippen molar-refractivity contribution < 1.29 is 0 Å². The van der Waals surface area contributed by atoms with E-state index in [0.29, 0.717) is 16.7 Å². The molecule has 0 spiro atoms. The Labute approximate surface area is 182 Å². The summed E-state index contributed by atoms with van der Waals surface area (Å²) in [5, 5.41) is 9.37. The molecule has 1 saturated heterocycles. The molecule has 4 nitrogen and oxygen atoms in total. The van der Waals surface area contributed by atoms with Crippen molar-refractivity contribution in [2.75, 3.05) is 13.1 Å². The lowest BCUT2D eigenvalue weighted by Gasteiger charge is -2.14. The molecule has 0 bridgehead atoms. The Morgan fingerprint density at radius 1 is 0.966 bits per heavy atom. The van der Waals surface area contributed by atoms with Crippen LogP contribution < -0.4 is 5.32 Å². The van der Waals surface area contributed by atoms with Gasteiger partial charge >= 0.3 is 0 Å². The topological polar surface area (TPSA) is 33.1 Å². The van der Waals surface area contributed by atoms with Gasteiger partial charge in [0.2, 0.25) is 0 Å². The van der Waals surface area contributed by atoms with E-state index in [0.717, 1.165) is 30.0 Å². The number of halogens is 2. The number of nitrogens with zero attached hydrogens (tertiary/aromatic N) is 3. The van der Waals surface area contributed by atoms with E-state index in [4.69, 9.17) is 23.2 Å². The summed E-state index contributed by atoms with van der Waals surface area (Å²) in [7, 11) is 0. The Kier molecular flexibility index (Phi) is 6.56. The van der Waals surface area contributed by atoms with Gasteiger partial charge in [0.1, 0.15) is 5.15 Å². The van der Waals surface area contributed by atoms with Gasteiger partial charge in [-0.2, -0.15) is 5.10 Å². The van der Waals surface area contributed by atoms with Crippen molar-refractivity contribution in [3.63, 3.8) is 0 Å². The number of nitrogens with one attached hydrogen (secondary N) is 1. The molecule has 152 valence electrons. The number of hydrogen-bond acceptors (Lipinski definition) is 3. The number of hydrogen-bond donors (Lipinski definition) is 1. The predicted octanol–water partition coefficient (Wildman–Crippen LogP) is 5.37. The second-order valence-electron chi connectivity index (χ2n) is 7.65. The Bertz CT molecular complexity index is 960. The van der Waals surface area contributed by atoms with Gasteiger partial charge in [-0.1, -0.05) is 53.5 Å². The molecule has 3 aromatic rings. The average molecular weight is 429 g/mol. The van der Waals surface area contributed by atoms with Gasteiger partial charge in [-0.25, -0.2) is 4.68 Å². The molecule has 0 amide bonds. The first kappa shape index (κ1) is 20.4. The summed E-state index contributed by atoms with van der Waals surface area (Å²) in [6.45, 7) is 6.96. The Morgan fingerprint density at radius 3 is 2.41 bits per heavy atom. The van der Waals surface area contributed by atoms with Gasteiger partial charge in [0.25, 0.3) is 0 Å². The van der Waals surface area contributed by atoms with Gasteiger partial charge < -0.3 is 5.32 Å². The molecular weight excluding hydrogens is 403 g/mol. The molecule has 29 heavy (non-hydrogen) atoms. The maximum atomic E-state index is 6.61. The molecule has 0 radical (unpaired) electrons. The van der Waals surface area contributed by atoms with Crippen LogP contribution in [0.2, 0.25) is 10.2 Å². The molecule has 0 aliphatic carbocycles. The maximum absolute atomic E-state index is 6.61. The van der Waals surface area contributed by atoms with E-state index in [1.807, 2.05) is 31.2 Å². The van der Waals surface area contributed by atoms with Gasteiger partial charge in [-0.15, -0.1) is 0 Å². The lowest BCUT2D eigenvalue weighted by molar-refractivity contribution is 0.331. The molecule has 1 fully saturated rings. The van der Waals surface area contributed by atoms with Crippen LogP contribution in [0.1, 0.15) is 35.2 Å². The highest BCUT2D eigenvalue weighted by molar-refractivity contribution is 6.31. The number of likely N-dealkylation sites (tertiary alicyclic amines) is 1. The fourth-order valence-corrected chi connectivity index (χ4v) is 4.33. The normalized spacial score (nSPS) is 14.6. The van der Waals surface area contributed by atoms with Crippen molar-refractivity contribution in [2.24, 2.45) is 0 Å². The van der Waals surface area contributed by atoms with Crippen LogP contribution in [0.15, 0.2) is 48.5 Å². The molecule has 0 saturated carbocycles. The summed E-state index contributed by atoms with van der Waals surface area (Å²) in [6, 6.07) is 16.5. The van der Waals surface area contributed by atoms with E-state index in [1.54, 1.807) is 4.68 Å². The van der Waals surface area contributed by atoms with Crippen molar-refractivity contribution in [2.45, 2.75) is 39.4 Å². The second kappa shape index (κ2) is 9.31. The highest BCUT2D eigenvalue weighted by atomic mass is 35.5. The third-order valence-corrected chi connectivity index (χ3v) is 6.06. The standard InChI is InChI=1S/C23H26Cl2N4/c1-17-22(23(25)29(27-17)21-6-4-5-20(24)13-21)15-26-14-18-7-9-19(10-8-18)16-28-11-2-3-12-28/h4-10,13,26H,2-3,11-12,14-16H2,1H3. The van der Waals surface area contributed by atoms with E-state index in [1.165, 1.54) is 37.1 Å². The van der Waals surface area contributed by atoms with Crippen LogP contribution >= 0.6 is 23.2 Å². The smallest absolute Gasteiger partial charge is 0.137 e. The van der Waals surface area contributed by atoms with Crippen LogP contribution in [-0.2, 0) is 19.6 Å². The van der Waals surface area contributed by atoms with E-state index >= 15 is 0 Å². The summed E-state index contributed by atoms with van der Waals surface area (Å²) >= 11 is 12.7. The van der Waals surface area contributed by atoms with Crippen molar-refractivity contribution in [3.8, 4) is 5.69 Å². The minimum Gasteiger partial charge on any atom is -0.308 e. The summed E-state index contributed by atoms with van der Waals surface area (Å²) in [5.41, 5.74) is 5.45. The lowest BCUT2D eigenvalue weighted by atomic mass is 10.1. The molecule has 1 N–H and O–H groups in total. The molecule has 1 aliphatic rings. The molecular formula is C23H26Cl2N4. The third-order valence-electron chi connectivity index (χ3n) is 5.43. The monoisotopic (exact) mass is 428 g/mol. The first-order chi connectivity index (χ1) is 14.1. The fourth-order valence-electron chi connectivity index (χ4n) is 3.80. The van der Waals surface area contributed by atoms with Crippen molar-refractivity contribution in [1.82, 2.24) is 20.0 Å². The van der Waals surface area contributed by atoms with Gasteiger partial charge in [-0.05, 0) is 62.2 Å². The van der Waals surface area contributed by atoms with Crippen molar-refractivity contribution in [1.29, 1.82) is 0 Å². The van der Waals surface area contributed by atoms with Crippen LogP contribution in [0.25, 0.3) is 5.69 Å². The summed E-state index contributed by atoms with van der Waals surface area (Å²) in [5.74, 6) is 0. The highest BCUT2D eigenvalue weighted by Crippen LogP contribution is 2.25. The van der Waals surface area contributed by atoms with E-state index in [-0.39, 0.29) is 0 Å². The van der Waals surface area contributed by atoms with Crippen molar-refractivity contribution >= 4 is 23.2 Å². The Morgan fingerprint density at radius 2 is 1.69 bits per heavy atom. The minimum atomic E-state index is 0.623. The van der Waals surface area contributed by atoms with E-state index in [9.17, 15) is 0 Å². The van der Waals surface area contributed by atoms with Gasteiger partial charge in [-0.3, -0.25) is 4.90 Å². The van der Waals surface area contributed by atoms with Crippen LogP contribution in [0.5, 0.6) is 0 Å². The minimum absolute atomic E-state index is 0.623. The molecule has 4 rings (SSSR count). The molecule has 2 aromatic carbocycles. The first-order valence-electron chi connectivity index (χ1n) is 10.1. The third kappa shape index (κ3) is 5.01. The van der Waals surface area contributed by atoms with Crippen molar-refractivity contribution in [3.05, 3.63) is 81.1 Å². The Hall–Kier alpha value is -1.85. The quantitative estimate of drug-likeness (QED) is 0.548. The lowest BCUT2D eigenvalue weighted by Crippen LogP contribution is -2.18. The molecule has 1 aromatic heterocycles. The van der Waals surface area contributed by atoms with Crippen LogP contribution in [-0.4, -0.2) is 27.8 Å². The number of aromatic nitrogens is 2. The molecule has 0 atom stereocenters. The zero-order valence-electron chi connectivity index (χ0n) is 16.7. The fraction of sp³-hybridized carbons (Fsp3) is 0.348. The number of benzene rings is 2. The maximum Gasteiger partial charge on any atom is 0.137 e. The van der Waals surface area contributed by atoms with Crippen LogP contribution in [0.4, 0.5) is 0 Å².